The van der Waals surface area contributed by atoms with Gasteiger partial charge in [-0.15, -0.1) is 0 Å². The van der Waals surface area contributed by atoms with Crippen molar-refractivity contribution in [1.29, 1.82) is 0 Å². The molecule has 0 amide bonds. The second-order valence-electron chi connectivity index (χ2n) is 6.89. The molecule has 1 nitrogen and oxygen atoms in total. The van der Waals surface area contributed by atoms with E-state index in [1.807, 2.05) is 0 Å². The van der Waals surface area contributed by atoms with Gasteiger partial charge in [-0.3, -0.25) is 4.90 Å². The third kappa shape index (κ3) is 1.17. The van der Waals surface area contributed by atoms with Gasteiger partial charge in [0.1, 0.15) is 0 Å². The van der Waals surface area contributed by atoms with Crippen LogP contribution in [0.15, 0.2) is 24.3 Å². The molecule has 0 N–H and O–H groups in total. The summed E-state index contributed by atoms with van der Waals surface area (Å²) in [5, 5.41) is 0. The van der Waals surface area contributed by atoms with Crippen LogP contribution in [0.5, 0.6) is 0 Å². The Morgan fingerprint density at radius 1 is 1.22 bits per heavy atom. The Morgan fingerprint density at radius 2 is 1.94 bits per heavy atom. The second kappa shape index (κ2) is 3.39. The van der Waals surface area contributed by atoms with Crippen molar-refractivity contribution in [3.8, 4) is 0 Å². The van der Waals surface area contributed by atoms with Crippen LogP contribution in [0.3, 0.4) is 0 Å². The van der Waals surface area contributed by atoms with Crippen LogP contribution in [0.25, 0.3) is 0 Å². The van der Waals surface area contributed by atoms with Crippen molar-refractivity contribution in [3.63, 3.8) is 0 Å². The fourth-order valence-corrected chi connectivity index (χ4v) is 5.14. The fraction of sp³-hybridized carbons (Fsp3) is 0.647. The normalized spacial score (nSPS) is 48.9. The zero-order chi connectivity index (χ0) is 12.5. The van der Waals surface area contributed by atoms with Crippen molar-refractivity contribution in [2.24, 2.45) is 11.8 Å². The van der Waals surface area contributed by atoms with E-state index in [0.717, 1.165) is 23.8 Å². The molecule has 2 saturated carbocycles. The molecule has 0 aromatic heterocycles. The highest BCUT2D eigenvalue weighted by molar-refractivity contribution is 5.34. The molecule has 6 atom stereocenters. The Bertz CT molecular complexity index is 477. The van der Waals surface area contributed by atoms with E-state index in [1.165, 1.54) is 24.8 Å². The van der Waals surface area contributed by atoms with Gasteiger partial charge in [0.05, 0.1) is 0 Å². The van der Waals surface area contributed by atoms with Crippen LogP contribution >= 0.6 is 0 Å². The maximum absolute atomic E-state index is 2.68. The van der Waals surface area contributed by atoms with Crippen LogP contribution in [-0.2, 0) is 0 Å². The highest BCUT2D eigenvalue weighted by Gasteiger charge is 2.73. The number of rotatable bonds is 1. The molecule has 4 rings (SSSR count). The van der Waals surface area contributed by atoms with Gasteiger partial charge in [0.25, 0.3) is 0 Å². The Hall–Kier alpha value is -0.820. The van der Waals surface area contributed by atoms with Crippen molar-refractivity contribution < 1.29 is 0 Å². The quantitative estimate of drug-likeness (QED) is 0.679. The molecule has 3 unspecified atom stereocenters. The lowest BCUT2D eigenvalue weighted by Gasteiger charge is -2.45. The number of hydrogen-bond acceptors (Lipinski definition) is 1. The molecule has 3 aliphatic rings. The first-order valence-corrected chi connectivity index (χ1v) is 7.44. The summed E-state index contributed by atoms with van der Waals surface area (Å²) in [5.74, 6) is 2.60. The van der Waals surface area contributed by atoms with Crippen molar-refractivity contribution in [2.75, 3.05) is 7.05 Å². The molecule has 1 aliphatic heterocycles. The van der Waals surface area contributed by atoms with Crippen LogP contribution in [-0.4, -0.2) is 23.5 Å². The minimum Gasteiger partial charge on any atom is -0.294 e. The van der Waals surface area contributed by atoms with E-state index in [9.17, 15) is 0 Å². The molecule has 0 radical (unpaired) electrons. The van der Waals surface area contributed by atoms with Gasteiger partial charge in [0.15, 0.2) is 0 Å². The number of hydrogen-bond donors (Lipinski definition) is 0. The second-order valence-corrected chi connectivity index (χ2v) is 6.89. The van der Waals surface area contributed by atoms with E-state index in [1.54, 1.807) is 5.56 Å². The topological polar surface area (TPSA) is 3.01 Å². The Balaban J connectivity index is 1.65. The molecule has 1 heteroatoms. The summed E-state index contributed by atoms with van der Waals surface area (Å²) in [6.07, 6.45) is 4.35. The summed E-state index contributed by atoms with van der Waals surface area (Å²) >= 11 is 0. The molecule has 1 aromatic carbocycles. The molecule has 1 saturated heterocycles. The Kier molecular flexibility index (Phi) is 2.08. The molecular weight excluding hydrogens is 218 g/mol. The lowest BCUT2D eigenvalue weighted by atomic mass is 9.58. The van der Waals surface area contributed by atoms with Crippen LogP contribution in [0.2, 0.25) is 0 Å². The van der Waals surface area contributed by atoms with E-state index in [2.05, 4.69) is 50.1 Å². The maximum atomic E-state index is 2.68. The third-order valence-electron chi connectivity index (χ3n) is 6.30. The van der Waals surface area contributed by atoms with Crippen LogP contribution in [0, 0.1) is 18.8 Å². The Morgan fingerprint density at radius 3 is 2.56 bits per heavy atom. The molecule has 18 heavy (non-hydrogen) atoms. The first kappa shape index (κ1) is 11.0. The van der Waals surface area contributed by atoms with E-state index >= 15 is 0 Å². The summed E-state index contributed by atoms with van der Waals surface area (Å²) in [6, 6.07) is 10.2. The monoisotopic (exact) mass is 241 g/mol. The highest BCUT2D eigenvalue weighted by Crippen LogP contribution is 2.67. The summed E-state index contributed by atoms with van der Waals surface area (Å²) in [5.41, 5.74) is 3.61. The van der Waals surface area contributed by atoms with Gasteiger partial charge in [-0.2, -0.15) is 0 Å². The molecule has 1 heterocycles. The summed E-state index contributed by atoms with van der Waals surface area (Å²) < 4.78 is 0. The minimum atomic E-state index is 0.653. The fourth-order valence-electron chi connectivity index (χ4n) is 5.14. The number of aryl methyl sites for hydroxylation is 1. The number of benzene rings is 1. The average molecular weight is 241 g/mol. The predicted octanol–water partition coefficient (Wildman–Crippen LogP) is 3.58. The molecule has 3 fully saturated rings. The lowest BCUT2D eigenvalue weighted by Crippen LogP contribution is -2.45. The SMILES string of the molecule is Cc1ccc([C@H]2CC3CC[C@]34C(C2C)[N@@]4C)cc1. The van der Waals surface area contributed by atoms with Gasteiger partial charge in [-0.05, 0) is 56.6 Å². The number of likely N-dealkylation sites (N-methyl/N-ethyl adjacent to an activating group) is 1. The minimum absolute atomic E-state index is 0.653. The van der Waals surface area contributed by atoms with E-state index in [4.69, 9.17) is 0 Å². The first-order chi connectivity index (χ1) is 8.64. The molecule has 96 valence electrons. The standard InChI is InChI=1S/C17H23N/c1-11-4-6-13(7-5-11)15-10-14-8-9-17(14)16(12(15)2)18(17)3/h4-7,12,14-16H,8-10H2,1-3H3/t12?,14?,15-,16?,17+,18+/m0/s1. The molecule has 0 bridgehead atoms. The van der Waals surface area contributed by atoms with Crippen LogP contribution in [0.1, 0.15) is 43.2 Å². The first-order valence-electron chi connectivity index (χ1n) is 7.44. The van der Waals surface area contributed by atoms with Crippen LogP contribution in [0.4, 0.5) is 0 Å². The Labute approximate surface area is 110 Å². The highest BCUT2D eigenvalue weighted by atomic mass is 15.4. The zero-order valence-corrected chi connectivity index (χ0v) is 11.7. The predicted molar refractivity (Wildman–Crippen MR) is 74.7 cm³/mol. The van der Waals surface area contributed by atoms with Crippen molar-refractivity contribution in [1.82, 2.24) is 4.90 Å². The maximum Gasteiger partial charge on any atom is 0.0396 e. The van der Waals surface area contributed by atoms with Gasteiger partial charge in [0, 0.05) is 11.6 Å². The molecule has 1 aromatic rings. The van der Waals surface area contributed by atoms with E-state index in [-0.39, 0.29) is 0 Å². The zero-order valence-electron chi connectivity index (χ0n) is 11.7. The van der Waals surface area contributed by atoms with Crippen LogP contribution < -0.4 is 0 Å². The molecule has 1 spiro atoms. The summed E-state index contributed by atoms with van der Waals surface area (Å²) in [4.78, 5) is 2.68. The van der Waals surface area contributed by atoms with Gasteiger partial charge < -0.3 is 0 Å². The smallest absolute Gasteiger partial charge is 0.0396 e. The van der Waals surface area contributed by atoms with E-state index < -0.39 is 0 Å². The molecule has 2 aliphatic carbocycles. The third-order valence-corrected chi connectivity index (χ3v) is 6.30. The van der Waals surface area contributed by atoms with Gasteiger partial charge in [-0.25, -0.2) is 0 Å². The number of nitrogens with zero attached hydrogens (tertiary/aromatic N) is 1. The largest absolute Gasteiger partial charge is 0.294 e. The number of likely N-dealkylation sites (tertiary alicyclic amines) is 1. The summed E-state index contributed by atoms with van der Waals surface area (Å²) in [7, 11) is 2.35. The summed E-state index contributed by atoms with van der Waals surface area (Å²) in [6.45, 7) is 4.66. The van der Waals surface area contributed by atoms with Gasteiger partial charge >= 0.3 is 0 Å². The average Bonchev–Trinajstić information content (AvgIpc) is 2.98. The lowest BCUT2D eigenvalue weighted by molar-refractivity contribution is 0.117. The van der Waals surface area contributed by atoms with E-state index in [0.29, 0.717) is 5.54 Å². The van der Waals surface area contributed by atoms with Crippen molar-refractivity contribution in [2.45, 2.75) is 50.6 Å². The van der Waals surface area contributed by atoms with Crippen molar-refractivity contribution in [3.05, 3.63) is 35.4 Å². The van der Waals surface area contributed by atoms with Gasteiger partial charge in [-0.1, -0.05) is 36.8 Å². The van der Waals surface area contributed by atoms with Crippen molar-refractivity contribution >= 4 is 0 Å². The molecular formula is C17H23N. The van der Waals surface area contributed by atoms with Gasteiger partial charge in [0.2, 0.25) is 0 Å².